The van der Waals surface area contributed by atoms with E-state index >= 15 is 0 Å². The van der Waals surface area contributed by atoms with Crippen LogP contribution in [0.4, 0.5) is 0 Å². The summed E-state index contributed by atoms with van der Waals surface area (Å²) >= 11 is 1.34. The van der Waals surface area contributed by atoms with Gasteiger partial charge in [-0.15, -0.1) is 0 Å². The van der Waals surface area contributed by atoms with Crippen LogP contribution in [-0.2, 0) is 9.59 Å². The Bertz CT molecular complexity index is 205. The topological polar surface area (TPSA) is 60.2 Å². The van der Waals surface area contributed by atoms with E-state index in [1.807, 2.05) is 0 Å². The second-order valence-corrected chi connectivity index (χ2v) is 4.62. The van der Waals surface area contributed by atoms with Gasteiger partial charge in [-0.05, 0) is 19.3 Å². The zero-order valence-corrected chi connectivity index (χ0v) is 7.89. The fourth-order valence-corrected chi connectivity index (χ4v) is 2.59. The molecule has 1 saturated carbocycles. The number of hydrogen-bond acceptors (Lipinski definition) is 3. The predicted molar refractivity (Wildman–Crippen MR) is 48.6 cm³/mol. The van der Waals surface area contributed by atoms with Gasteiger partial charge in [-0.3, -0.25) is 9.59 Å². The third-order valence-electron chi connectivity index (χ3n) is 2.12. The highest BCUT2D eigenvalue weighted by Crippen LogP contribution is 2.33. The number of rotatable bonds is 2. The van der Waals surface area contributed by atoms with Crippen molar-refractivity contribution in [3.63, 3.8) is 0 Å². The number of nitrogens with two attached hydrogens (primary N) is 1. The Morgan fingerprint density at radius 3 is 2.50 bits per heavy atom. The molecule has 2 unspecified atom stereocenters. The Hall–Kier alpha value is -0.510. The first-order chi connectivity index (χ1) is 5.59. The highest BCUT2D eigenvalue weighted by atomic mass is 32.2. The highest BCUT2D eigenvalue weighted by Gasteiger charge is 2.29. The second-order valence-electron chi connectivity index (χ2n) is 3.14. The molecule has 0 aromatic rings. The lowest BCUT2D eigenvalue weighted by Gasteiger charge is -2.05. The summed E-state index contributed by atoms with van der Waals surface area (Å²) in [7, 11) is 0. The Morgan fingerprint density at radius 1 is 1.42 bits per heavy atom. The molecule has 2 N–H and O–H groups in total. The summed E-state index contributed by atoms with van der Waals surface area (Å²) < 4.78 is 0. The third-order valence-corrected chi connectivity index (χ3v) is 3.21. The van der Waals surface area contributed by atoms with E-state index in [2.05, 4.69) is 0 Å². The summed E-state index contributed by atoms with van der Waals surface area (Å²) in [5.74, 6) is -0.219. The molecule has 0 aromatic carbocycles. The average molecular weight is 187 g/mol. The van der Waals surface area contributed by atoms with Gasteiger partial charge in [0.15, 0.2) is 5.12 Å². The molecule has 0 radical (unpaired) electrons. The summed E-state index contributed by atoms with van der Waals surface area (Å²) in [6.07, 6.45) is 2.57. The van der Waals surface area contributed by atoms with E-state index in [0.717, 1.165) is 19.3 Å². The van der Waals surface area contributed by atoms with Crippen LogP contribution >= 0.6 is 11.8 Å². The minimum Gasteiger partial charge on any atom is -0.369 e. The van der Waals surface area contributed by atoms with Crippen LogP contribution in [0.2, 0.25) is 0 Å². The molecule has 0 saturated heterocycles. The van der Waals surface area contributed by atoms with E-state index < -0.39 is 0 Å². The lowest BCUT2D eigenvalue weighted by Crippen LogP contribution is -2.21. The molecule has 4 heteroatoms. The van der Waals surface area contributed by atoms with Crippen LogP contribution in [0.5, 0.6) is 0 Å². The van der Waals surface area contributed by atoms with Crippen molar-refractivity contribution in [2.45, 2.75) is 31.4 Å². The van der Waals surface area contributed by atoms with Crippen molar-refractivity contribution in [3.8, 4) is 0 Å². The van der Waals surface area contributed by atoms with Crippen molar-refractivity contribution < 1.29 is 9.59 Å². The molecule has 1 aliphatic rings. The monoisotopic (exact) mass is 187 g/mol. The van der Waals surface area contributed by atoms with Gasteiger partial charge in [0.1, 0.15) is 0 Å². The van der Waals surface area contributed by atoms with E-state index in [1.165, 1.54) is 11.8 Å². The van der Waals surface area contributed by atoms with Crippen LogP contribution in [0.25, 0.3) is 0 Å². The smallest absolute Gasteiger partial charge is 0.220 e. The van der Waals surface area contributed by atoms with Crippen molar-refractivity contribution >= 4 is 22.8 Å². The maximum absolute atomic E-state index is 10.8. The molecule has 68 valence electrons. The van der Waals surface area contributed by atoms with E-state index in [1.54, 1.807) is 6.92 Å². The van der Waals surface area contributed by atoms with Crippen molar-refractivity contribution in [1.29, 1.82) is 0 Å². The first-order valence-corrected chi connectivity index (χ1v) is 4.94. The Labute approximate surface area is 76.1 Å². The summed E-state index contributed by atoms with van der Waals surface area (Å²) in [6.45, 7) is 1.56. The van der Waals surface area contributed by atoms with Crippen LogP contribution in [0.3, 0.4) is 0 Å². The molecule has 1 rings (SSSR count). The average Bonchev–Trinajstić information content (AvgIpc) is 2.34. The third kappa shape index (κ3) is 2.52. The quantitative estimate of drug-likeness (QED) is 0.699. The summed E-state index contributed by atoms with van der Waals surface area (Å²) in [5, 5.41) is 0.449. The standard InChI is InChI=1S/C8H13NO2S/c1-5(10)12-7-3-2-6(4-7)8(9)11/h6-7H,2-4H2,1H3,(H2,9,11). The number of amides is 1. The molecule has 0 heterocycles. The van der Waals surface area contributed by atoms with Crippen molar-refractivity contribution in [3.05, 3.63) is 0 Å². The minimum atomic E-state index is -0.221. The van der Waals surface area contributed by atoms with E-state index in [9.17, 15) is 9.59 Å². The molecule has 0 aromatic heterocycles. The Balaban J connectivity index is 2.35. The van der Waals surface area contributed by atoms with E-state index in [0.29, 0.717) is 5.25 Å². The molecule has 0 bridgehead atoms. The first kappa shape index (κ1) is 9.58. The first-order valence-electron chi connectivity index (χ1n) is 4.06. The van der Waals surface area contributed by atoms with Crippen molar-refractivity contribution in [2.75, 3.05) is 0 Å². The van der Waals surface area contributed by atoms with Crippen LogP contribution in [0.15, 0.2) is 0 Å². The number of carbonyl (C=O) groups is 2. The minimum absolute atomic E-state index is 0.00171. The molecule has 1 aliphatic carbocycles. The van der Waals surface area contributed by atoms with Gasteiger partial charge in [0, 0.05) is 18.1 Å². The fourth-order valence-electron chi connectivity index (χ4n) is 1.54. The van der Waals surface area contributed by atoms with E-state index in [-0.39, 0.29) is 16.9 Å². The normalized spacial score (nSPS) is 28.8. The summed E-state index contributed by atoms with van der Waals surface area (Å²) in [6, 6.07) is 0. The maximum Gasteiger partial charge on any atom is 0.220 e. The van der Waals surface area contributed by atoms with Crippen molar-refractivity contribution in [1.82, 2.24) is 0 Å². The summed E-state index contributed by atoms with van der Waals surface area (Å²) in [5.41, 5.74) is 5.16. The highest BCUT2D eigenvalue weighted by molar-refractivity contribution is 8.14. The van der Waals surface area contributed by atoms with Crippen LogP contribution in [-0.4, -0.2) is 16.3 Å². The van der Waals surface area contributed by atoms with Gasteiger partial charge in [-0.2, -0.15) is 0 Å². The lowest BCUT2D eigenvalue weighted by atomic mass is 10.1. The predicted octanol–water partition coefficient (Wildman–Crippen LogP) is 0.920. The van der Waals surface area contributed by atoms with Crippen molar-refractivity contribution in [2.24, 2.45) is 11.7 Å². The van der Waals surface area contributed by atoms with Gasteiger partial charge < -0.3 is 5.73 Å². The van der Waals surface area contributed by atoms with Gasteiger partial charge >= 0.3 is 0 Å². The number of primary amides is 1. The molecular weight excluding hydrogens is 174 g/mol. The van der Waals surface area contributed by atoms with Crippen LogP contribution in [0, 0.1) is 5.92 Å². The summed E-state index contributed by atoms with van der Waals surface area (Å²) in [4.78, 5) is 21.5. The molecule has 3 nitrogen and oxygen atoms in total. The largest absolute Gasteiger partial charge is 0.369 e. The molecular formula is C8H13NO2S. The molecule has 2 atom stereocenters. The molecule has 0 spiro atoms. The number of carbonyl (C=O) groups excluding carboxylic acids is 2. The molecule has 1 amide bonds. The zero-order chi connectivity index (χ0) is 9.14. The van der Waals surface area contributed by atoms with Gasteiger partial charge in [0.25, 0.3) is 0 Å². The Morgan fingerprint density at radius 2 is 2.08 bits per heavy atom. The van der Waals surface area contributed by atoms with Gasteiger partial charge in [0.05, 0.1) is 0 Å². The second kappa shape index (κ2) is 3.94. The molecule has 0 aliphatic heterocycles. The molecule has 12 heavy (non-hydrogen) atoms. The van der Waals surface area contributed by atoms with Crippen LogP contribution in [0.1, 0.15) is 26.2 Å². The van der Waals surface area contributed by atoms with Gasteiger partial charge in [-0.25, -0.2) is 0 Å². The SMILES string of the molecule is CC(=O)SC1CCC(C(N)=O)C1. The number of thioether (sulfide) groups is 1. The van der Waals surface area contributed by atoms with Gasteiger partial charge in [-0.1, -0.05) is 11.8 Å². The fraction of sp³-hybridized carbons (Fsp3) is 0.750. The van der Waals surface area contributed by atoms with Gasteiger partial charge in [0.2, 0.25) is 5.91 Å². The van der Waals surface area contributed by atoms with E-state index in [4.69, 9.17) is 5.73 Å². The Kier molecular flexibility index (Phi) is 3.14. The lowest BCUT2D eigenvalue weighted by molar-refractivity contribution is -0.121. The van der Waals surface area contributed by atoms with Crippen LogP contribution < -0.4 is 5.73 Å². The zero-order valence-electron chi connectivity index (χ0n) is 7.08. The molecule has 1 fully saturated rings. The maximum atomic E-state index is 10.8. The number of hydrogen-bond donors (Lipinski definition) is 1.